The van der Waals surface area contributed by atoms with Gasteiger partial charge in [-0.3, -0.25) is 9.59 Å². The quantitative estimate of drug-likeness (QED) is 0.0334. The molecule has 0 radical (unpaired) electrons. The van der Waals surface area contributed by atoms with Crippen molar-refractivity contribution in [2.45, 2.75) is 142 Å². The second-order valence-corrected chi connectivity index (χ2v) is 15.6. The Hall–Kier alpha value is -4.72. The number of hydrogen-bond acceptors (Lipinski definition) is 8. The molecule has 0 heterocycles. The molecule has 3 aromatic rings. The minimum absolute atomic E-state index is 0.417. The van der Waals surface area contributed by atoms with Crippen molar-refractivity contribution in [2.24, 2.45) is 0 Å². The van der Waals surface area contributed by atoms with Crippen molar-refractivity contribution in [2.75, 3.05) is 41.7 Å². The summed E-state index contributed by atoms with van der Waals surface area (Å²) in [7, 11) is 6.28. The van der Waals surface area contributed by atoms with E-state index in [-0.39, 0.29) is 0 Å². The fourth-order valence-corrected chi connectivity index (χ4v) is 7.34. The smallest absolute Gasteiger partial charge is 0.153 e. The molecule has 0 amide bonds. The molecule has 330 valence electrons. The van der Waals surface area contributed by atoms with Crippen LogP contribution in [0.15, 0.2) is 36.4 Å². The van der Waals surface area contributed by atoms with Crippen LogP contribution in [0.2, 0.25) is 0 Å². The number of carbonyl (C=O) groups is 2. The van der Waals surface area contributed by atoms with Gasteiger partial charge < -0.3 is 28.4 Å². The van der Waals surface area contributed by atoms with Crippen molar-refractivity contribution < 1.29 is 38.0 Å². The summed E-state index contributed by atoms with van der Waals surface area (Å²) in [4.78, 5) is 23.5. The van der Waals surface area contributed by atoms with Crippen LogP contribution < -0.4 is 28.4 Å². The van der Waals surface area contributed by atoms with E-state index in [1.54, 1.807) is 52.7 Å². The monoisotopic (exact) mass is 827 g/mol. The standard InChI is InChI=1S/C52H74O8/c1-7-9-11-13-15-17-19-21-23-25-31-59-51-35-44(30-28-42-34-50(58-6)46(40-54)38-48(42)56-4)52(60-32-26-24-22-20-18-16-14-12-10-8-2)36-43(51)29-27-41-33-49(57-5)45(39-53)37-47(41)55-3/h27-30,33-40H,7-26,31-32H2,1-6H3/b29-27+,30-28+. The SMILES string of the molecule is CCCCCCCCCCCCOc1cc(/C=C/c2cc(OC)c(C=O)cc2OC)c(OCCCCCCCCCCCC)cc1/C=C/c1cc(OC)c(C=O)cc1OC. The number of methoxy groups -OCH3 is 4. The molecule has 0 aliphatic rings. The molecule has 8 heteroatoms. The molecule has 0 aliphatic heterocycles. The van der Waals surface area contributed by atoms with Crippen LogP contribution in [-0.2, 0) is 0 Å². The Morgan fingerprint density at radius 3 is 0.850 bits per heavy atom. The predicted octanol–water partition coefficient (Wildman–Crippen LogP) is 14.3. The summed E-state index contributed by atoms with van der Waals surface area (Å²) in [6, 6.07) is 11.1. The maximum absolute atomic E-state index is 11.7. The number of hydrogen-bond donors (Lipinski definition) is 0. The van der Waals surface area contributed by atoms with E-state index in [1.165, 1.54) is 103 Å². The number of ether oxygens (including phenoxy) is 6. The van der Waals surface area contributed by atoms with Gasteiger partial charge in [0.2, 0.25) is 0 Å². The molecule has 0 aliphatic carbocycles. The Morgan fingerprint density at radius 2 is 0.567 bits per heavy atom. The lowest BCUT2D eigenvalue weighted by Crippen LogP contribution is -2.03. The van der Waals surface area contributed by atoms with E-state index in [2.05, 4.69) is 13.8 Å². The van der Waals surface area contributed by atoms with Crippen LogP contribution in [0.3, 0.4) is 0 Å². The Labute approximate surface area is 362 Å². The maximum atomic E-state index is 11.7. The van der Waals surface area contributed by atoms with Gasteiger partial charge in [0.15, 0.2) is 12.6 Å². The summed E-state index contributed by atoms with van der Waals surface area (Å²) in [6.45, 7) is 5.69. The first-order valence-electron chi connectivity index (χ1n) is 22.7. The van der Waals surface area contributed by atoms with Gasteiger partial charge in [0, 0.05) is 22.3 Å². The third-order valence-electron chi connectivity index (χ3n) is 11.0. The Balaban J connectivity index is 1.93. The average Bonchev–Trinajstić information content (AvgIpc) is 3.28. The van der Waals surface area contributed by atoms with Gasteiger partial charge in [-0.05, 0) is 49.2 Å². The van der Waals surface area contributed by atoms with Crippen molar-refractivity contribution in [1.82, 2.24) is 0 Å². The lowest BCUT2D eigenvalue weighted by atomic mass is 10.0. The normalized spacial score (nSPS) is 11.3. The van der Waals surface area contributed by atoms with Crippen LogP contribution in [-0.4, -0.2) is 54.2 Å². The van der Waals surface area contributed by atoms with Gasteiger partial charge in [-0.1, -0.05) is 154 Å². The number of unbranched alkanes of at least 4 members (excludes halogenated alkanes) is 18. The van der Waals surface area contributed by atoms with E-state index >= 15 is 0 Å². The molecule has 0 bridgehead atoms. The molecule has 0 N–H and O–H groups in total. The highest BCUT2D eigenvalue weighted by atomic mass is 16.5. The zero-order valence-electron chi connectivity index (χ0n) is 37.8. The highest BCUT2D eigenvalue weighted by Gasteiger charge is 2.14. The summed E-state index contributed by atoms with van der Waals surface area (Å²) in [6.07, 6.45) is 34.4. The Kier molecular flexibility index (Phi) is 25.1. The van der Waals surface area contributed by atoms with Crippen LogP contribution in [0.25, 0.3) is 24.3 Å². The molecule has 60 heavy (non-hydrogen) atoms. The summed E-state index contributed by atoms with van der Waals surface area (Å²) < 4.78 is 35.5. The molecule has 0 atom stereocenters. The maximum Gasteiger partial charge on any atom is 0.153 e. The third kappa shape index (κ3) is 17.5. The van der Waals surface area contributed by atoms with Crippen molar-refractivity contribution >= 4 is 36.9 Å². The van der Waals surface area contributed by atoms with Crippen LogP contribution in [0.1, 0.15) is 185 Å². The molecular weight excluding hydrogens is 753 g/mol. The molecule has 3 aromatic carbocycles. The minimum Gasteiger partial charge on any atom is -0.496 e. The zero-order chi connectivity index (χ0) is 43.2. The topological polar surface area (TPSA) is 89.5 Å². The van der Waals surface area contributed by atoms with Gasteiger partial charge >= 0.3 is 0 Å². The fourth-order valence-electron chi connectivity index (χ4n) is 7.34. The van der Waals surface area contributed by atoms with Crippen LogP contribution >= 0.6 is 0 Å². The summed E-state index contributed by atoms with van der Waals surface area (Å²) in [5.41, 5.74) is 4.07. The largest absolute Gasteiger partial charge is 0.496 e. The second kappa shape index (κ2) is 30.3. The highest BCUT2D eigenvalue weighted by Crippen LogP contribution is 2.36. The molecule has 3 rings (SSSR count). The first kappa shape index (κ1) is 49.6. The second-order valence-electron chi connectivity index (χ2n) is 15.6. The van der Waals surface area contributed by atoms with Crippen LogP contribution in [0.5, 0.6) is 34.5 Å². The van der Waals surface area contributed by atoms with Gasteiger partial charge in [0.05, 0.1) is 52.8 Å². The van der Waals surface area contributed by atoms with E-state index < -0.39 is 0 Å². The van der Waals surface area contributed by atoms with E-state index in [1.807, 2.05) is 36.4 Å². The van der Waals surface area contributed by atoms with Gasteiger partial charge in [-0.25, -0.2) is 0 Å². The third-order valence-corrected chi connectivity index (χ3v) is 11.0. The zero-order valence-corrected chi connectivity index (χ0v) is 37.8. The number of rotatable bonds is 34. The molecule has 8 nitrogen and oxygen atoms in total. The number of aldehydes is 2. The Bertz CT molecular complexity index is 1620. The van der Waals surface area contributed by atoms with E-state index in [9.17, 15) is 9.59 Å². The van der Waals surface area contributed by atoms with Gasteiger partial charge in [-0.15, -0.1) is 0 Å². The first-order chi connectivity index (χ1) is 29.5. The fraction of sp³-hybridized carbons (Fsp3) is 0.538. The molecular formula is C52H74O8. The van der Waals surface area contributed by atoms with Gasteiger partial charge in [-0.2, -0.15) is 0 Å². The van der Waals surface area contributed by atoms with Crippen LogP contribution in [0.4, 0.5) is 0 Å². The van der Waals surface area contributed by atoms with E-state index in [0.29, 0.717) is 47.3 Å². The summed E-state index contributed by atoms with van der Waals surface area (Å²) >= 11 is 0. The van der Waals surface area contributed by atoms with Crippen molar-refractivity contribution in [3.05, 3.63) is 69.8 Å². The molecule has 0 saturated carbocycles. The average molecular weight is 827 g/mol. The van der Waals surface area contributed by atoms with Gasteiger partial charge in [0.25, 0.3) is 0 Å². The minimum atomic E-state index is 0.417. The number of carbonyl (C=O) groups excluding carboxylic acids is 2. The van der Waals surface area contributed by atoms with Crippen molar-refractivity contribution in [1.29, 1.82) is 0 Å². The molecule has 0 unspecified atom stereocenters. The number of benzene rings is 3. The first-order valence-corrected chi connectivity index (χ1v) is 22.7. The summed E-state index contributed by atoms with van der Waals surface area (Å²) in [5, 5.41) is 0. The van der Waals surface area contributed by atoms with E-state index in [4.69, 9.17) is 28.4 Å². The molecule has 0 fully saturated rings. The molecule has 0 saturated heterocycles. The Morgan fingerprint density at radius 1 is 0.333 bits per heavy atom. The van der Waals surface area contributed by atoms with E-state index in [0.717, 1.165) is 72.0 Å². The highest BCUT2D eigenvalue weighted by molar-refractivity contribution is 5.86. The lowest BCUT2D eigenvalue weighted by Gasteiger charge is -2.16. The molecule has 0 spiro atoms. The predicted molar refractivity (Wildman–Crippen MR) is 249 cm³/mol. The lowest BCUT2D eigenvalue weighted by molar-refractivity contribution is 0.111. The van der Waals surface area contributed by atoms with Crippen LogP contribution in [0, 0.1) is 0 Å². The van der Waals surface area contributed by atoms with Crippen molar-refractivity contribution in [3.63, 3.8) is 0 Å². The summed E-state index contributed by atoms with van der Waals surface area (Å²) in [5.74, 6) is 3.51. The van der Waals surface area contributed by atoms with Gasteiger partial charge in [0.1, 0.15) is 34.5 Å². The van der Waals surface area contributed by atoms with Crippen molar-refractivity contribution in [3.8, 4) is 34.5 Å². The molecule has 0 aromatic heterocycles.